The summed E-state index contributed by atoms with van der Waals surface area (Å²) >= 11 is 0. The molecule has 4 unspecified atom stereocenters. The molecule has 0 spiro atoms. The third kappa shape index (κ3) is 13.8. The molecule has 4 aliphatic rings. The van der Waals surface area contributed by atoms with Crippen LogP contribution in [0.1, 0.15) is 87.5 Å². The molecule has 352 valence electrons. The van der Waals surface area contributed by atoms with Gasteiger partial charge in [0.25, 0.3) is 0 Å². The van der Waals surface area contributed by atoms with Crippen LogP contribution in [0.3, 0.4) is 0 Å². The molecule has 4 N–H and O–H groups in total. The Bertz CT molecular complexity index is 1420. The Balaban J connectivity index is 1.68. The molecule has 4 aliphatic heterocycles. The van der Waals surface area contributed by atoms with Gasteiger partial charge in [0.2, 0.25) is 0 Å². The fraction of sp³-hybridized carbons (Fsp3) is 0.870. The number of allylic oxidation sites excluding steroid dienone is 3. The number of cyclic esters (lactones) is 1. The van der Waals surface area contributed by atoms with E-state index in [2.05, 4.69) is 18.7 Å². The number of ether oxygens (including phenoxy) is 7. The second-order valence-electron chi connectivity index (χ2n) is 18.9. The van der Waals surface area contributed by atoms with Gasteiger partial charge in [-0.25, -0.2) is 0 Å². The first-order valence-electron chi connectivity index (χ1n) is 22.6. The van der Waals surface area contributed by atoms with Crippen molar-refractivity contribution in [1.82, 2.24) is 9.80 Å². The van der Waals surface area contributed by atoms with Crippen molar-refractivity contribution in [2.24, 2.45) is 35.5 Å². The molecule has 4 heterocycles. The summed E-state index contributed by atoms with van der Waals surface area (Å²) in [5.74, 6) is -1.46. The van der Waals surface area contributed by atoms with Crippen LogP contribution in [0.2, 0.25) is 0 Å². The molecule has 0 aromatic heterocycles. The topological polar surface area (TPSA) is 186 Å². The van der Waals surface area contributed by atoms with E-state index in [9.17, 15) is 30.0 Å². The molecule has 15 heteroatoms. The number of aliphatic hydroxyl groups excluding tert-OH is 4. The second kappa shape index (κ2) is 23.9. The summed E-state index contributed by atoms with van der Waals surface area (Å²) in [6.45, 7) is 18.2. The third-order valence-electron chi connectivity index (χ3n) is 13.5. The molecule has 61 heavy (non-hydrogen) atoms. The zero-order valence-corrected chi connectivity index (χ0v) is 38.9. The summed E-state index contributed by atoms with van der Waals surface area (Å²) in [5, 5.41) is 45.3. The van der Waals surface area contributed by atoms with Gasteiger partial charge in [-0.05, 0) is 90.9 Å². The normalized spacial score (nSPS) is 44.3. The fourth-order valence-electron chi connectivity index (χ4n) is 10.0. The summed E-state index contributed by atoms with van der Waals surface area (Å²) < 4.78 is 42.6. The first-order valence-corrected chi connectivity index (χ1v) is 22.6. The molecule has 3 saturated heterocycles. The summed E-state index contributed by atoms with van der Waals surface area (Å²) in [6.07, 6.45) is -2.96. The molecular weight excluding hydrogens is 789 g/mol. The van der Waals surface area contributed by atoms with Crippen molar-refractivity contribution in [3.05, 3.63) is 23.8 Å². The van der Waals surface area contributed by atoms with Crippen LogP contribution in [0, 0.1) is 35.5 Å². The smallest absolute Gasteiger partial charge is 0.308 e. The van der Waals surface area contributed by atoms with E-state index < -0.39 is 103 Å². The molecule has 3 fully saturated rings. The van der Waals surface area contributed by atoms with E-state index in [0.717, 1.165) is 25.2 Å². The molecule has 0 amide bonds. The number of likely N-dealkylation sites (N-methyl/N-ethyl adjacent to an activating group) is 1. The van der Waals surface area contributed by atoms with Gasteiger partial charge in [-0.2, -0.15) is 0 Å². The Labute approximate surface area is 365 Å². The van der Waals surface area contributed by atoms with Crippen molar-refractivity contribution in [3.63, 3.8) is 0 Å². The maximum atomic E-state index is 14.0. The van der Waals surface area contributed by atoms with Gasteiger partial charge >= 0.3 is 5.97 Å². The van der Waals surface area contributed by atoms with E-state index in [1.807, 2.05) is 33.8 Å². The van der Waals surface area contributed by atoms with Crippen LogP contribution in [-0.2, 0) is 42.7 Å². The highest BCUT2D eigenvalue weighted by Crippen LogP contribution is 2.36. The average molecular weight is 869 g/mol. The number of likely N-dealkylation sites (tertiary alicyclic amines) is 1. The fourth-order valence-corrected chi connectivity index (χ4v) is 10.0. The molecular formula is C46H80N2O13. The monoisotopic (exact) mass is 869 g/mol. The van der Waals surface area contributed by atoms with Crippen LogP contribution >= 0.6 is 0 Å². The van der Waals surface area contributed by atoms with Crippen molar-refractivity contribution < 1.29 is 63.2 Å². The predicted octanol–water partition coefficient (Wildman–Crippen LogP) is 3.34. The lowest BCUT2D eigenvalue weighted by atomic mass is 9.79. The SMILES string of the molecule is CCC1OC(=O)C[C@@H](O)[C@H](C)C(O[C@@H]2O[C@H](C)[C@@H](O)[C@H](N(C)C)[C@H]2O)[C@@H](CCN2CC(C)CC(C)C2)C[C@@H](C)C(=O)/C=C\C(C)=C\[C@@H]1CO[C@@H]1O[C@H](C)[C@@H](O)[C@@H](OC)[C@H]1OC. The highest BCUT2D eigenvalue weighted by atomic mass is 16.7. The van der Waals surface area contributed by atoms with Gasteiger partial charge in [0.15, 0.2) is 18.4 Å². The van der Waals surface area contributed by atoms with Crippen LogP contribution in [0.25, 0.3) is 0 Å². The molecule has 0 aromatic carbocycles. The number of hydrogen-bond acceptors (Lipinski definition) is 15. The lowest BCUT2D eigenvalue weighted by molar-refractivity contribution is -0.304. The Hall–Kier alpha value is -1.86. The average Bonchev–Trinajstić information content (AvgIpc) is 3.19. The maximum Gasteiger partial charge on any atom is 0.308 e. The van der Waals surface area contributed by atoms with Gasteiger partial charge in [-0.1, -0.05) is 52.3 Å². The van der Waals surface area contributed by atoms with E-state index in [0.29, 0.717) is 31.1 Å². The molecule has 19 atom stereocenters. The number of aliphatic hydroxyl groups is 4. The Kier molecular flexibility index (Phi) is 20.3. The van der Waals surface area contributed by atoms with E-state index >= 15 is 0 Å². The summed E-state index contributed by atoms with van der Waals surface area (Å²) in [4.78, 5) is 32.1. The zero-order valence-electron chi connectivity index (χ0n) is 38.9. The number of hydrogen-bond donors (Lipinski definition) is 4. The third-order valence-corrected chi connectivity index (χ3v) is 13.5. The van der Waals surface area contributed by atoms with E-state index in [1.165, 1.54) is 20.6 Å². The lowest BCUT2D eigenvalue weighted by Gasteiger charge is -2.47. The van der Waals surface area contributed by atoms with Gasteiger partial charge in [0.1, 0.15) is 30.5 Å². The van der Waals surface area contributed by atoms with Crippen LogP contribution in [0.4, 0.5) is 0 Å². The summed E-state index contributed by atoms with van der Waals surface area (Å²) in [5.41, 5.74) is 0.761. The van der Waals surface area contributed by atoms with E-state index in [4.69, 9.17) is 33.2 Å². The number of carbonyl (C=O) groups is 2. The van der Waals surface area contributed by atoms with Crippen molar-refractivity contribution in [2.75, 3.05) is 54.6 Å². The van der Waals surface area contributed by atoms with Crippen molar-refractivity contribution >= 4 is 11.8 Å². The number of ketones is 1. The first kappa shape index (κ1) is 51.8. The van der Waals surface area contributed by atoms with Crippen molar-refractivity contribution in [2.45, 2.75) is 167 Å². The molecule has 0 saturated carbocycles. The lowest BCUT2D eigenvalue weighted by Crippen LogP contribution is -2.63. The zero-order chi connectivity index (χ0) is 45.3. The minimum Gasteiger partial charge on any atom is -0.462 e. The minimum atomic E-state index is -1.23. The van der Waals surface area contributed by atoms with Gasteiger partial charge in [-0.3, -0.25) is 9.59 Å². The molecule has 0 aliphatic carbocycles. The van der Waals surface area contributed by atoms with Crippen molar-refractivity contribution in [3.8, 4) is 0 Å². The minimum absolute atomic E-state index is 0.0427. The van der Waals surface area contributed by atoms with E-state index in [-0.39, 0.29) is 24.7 Å². The quantitative estimate of drug-likeness (QED) is 0.209. The molecule has 4 rings (SSSR count). The van der Waals surface area contributed by atoms with E-state index in [1.54, 1.807) is 45.0 Å². The van der Waals surface area contributed by atoms with Crippen LogP contribution < -0.4 is 0 Å². The molecule has 0 bridgehead atoms. The largest absolute Gasteiger partial charge is 0.462 e. The second-order valence-corrected chi connectivity index (χ2v) is 18.9. The van der Waals surface area contributed by atoms with Gasteiger partial charge in [0.05, 0.1) is 49.6 Å². The standard InChI is InChI=1S/C46H80N2O13/c1-13-36-33(24-57-46-44(56-12)43(55-11)40(53)31(8)59-46)19-25(2)14-15-34(49)28(5)20-32(16-17-48-22-26(3)18-27(4)23-48)42(29(6)35(50)21-37(51)60-36)61-45-41(54)38(47(9)10)39(52)30(7)58-45/h14-15,19,26-33,35-36,38-46,50,52-54H,13,16-18,20-24H2,1-12H3/b15-14-,25-19+/t26?,27?,28-,29+,30-,31-,32+,33-,35-,36?,38+,39-,40-,41-,42?,43-,44-,45+,46-/m1/s1. The number of carbonyl (C=O) groups excluding carboxylic acids is 2. The van der Waals surface area contributed by atoms with Gasteiger partial charge < -0.3 is 63.4 Å². The predicted molar refractivity (Wildman–Crippen MR) is 229 cm³/mol. The van der Waals surface area contributed by atoms with Crippen molar-refractivity contribution in [1.29, 1.82) is 0 Å². The van der Waals surface area contributed by atoms with Crippen LogP contribution in [-0.4, -0.2) is 176 Å². The summed E-state index contributed by atoms with van der Waals surface area (Å²) in [7, 11) is 6.54. The summed E-state index contributed by atoms with van der Waals surface area (Å²) in [6, 6.07) is -0.684. The Morgan fingerprint density at radius 2 is 1.44 bits per heavy atom. The van der Waals surface area contributed by atoms with Crippen LogP contribution in [0.15, 0.2) is 23.8 Å². The Morgan fingerprint density at radius 1 is 0.820 bits per heavy atom. The highest BCUT2D eigenvalue weighted by Gasteiger charge is 2.48. The molecule has 0 radical (unpaired) electrons. The number of methoxy groups -OCH3 is 2. The van der Waals surface area contributed by atoms with Crippen LogP contribution in [0.5, 0.6) is 0 Å². The Morgan fingerprint density at radius 3 is 2.05 bits per heavy atom. The molecule has 0 aromatic rings. The first-order chi connectivity index (χ1) is 28.8. The maximum absolute atomic E-state index is 14.0. The molecule has 15 nitrogen and oxygen atoms in total. The number of esters is 1. The number of rotatable bonds is 12. The van der Waals surface area contributed by atoms with Gasteiger partial charge in [0, 0.05) is 45.1 Å². The highest BCUT2D eigenvalue weighted by molar-refractivity contribution is 5.91. The number of piperidine rings is 1. The van der Waals surface area contributed by atoms with Gasteiger partial charge in [-0.15, -0.1) is 0 Å². The number of nitrogens with zero attached hydrogens (tertiary/aromatic N) is 2.